The number of piperidine rings is 1. The first-order chi connectivity index (χ1) is 14.6. The Kier molecular flexibility index (Phi) is 5.66. The van der Waals surface area contributed by atoms with Gasteiger partial charge in [0.15, 0.2) is 0 Å². The molecule has 168 valence electrons. The van der Waals surface area contributed by atoms with Gasteiger partial charge in [-0.1, -0.05) is 19.8 Å². The Labute approximate surface area is 180 Å². The van der Waals surface area contributed by atoms with Crippen molar-refractivity contribution in [3.8, 4) is 0 Å². The second-order valence-corrected chi connectivity index (χ2v) is 10.5. The second kappa shape index (κ2) is 8.00. The van der Waals surface area contributed by atoms with E-state index in [9.17, 15) is 21.6 Å². The van der Waals surface area contributed by atoms with Crippen LogP contribution in [0.5, 0.6) is 0 Å². The maximum Gasteiger partial charge on any atom is 0.416 e. The number of anilines is 2. The number of hydrogen-bond acceptors (Lipinski definition) is 4. The van der Waals surface area contributed by atoms with Crippen molar-refractivity contribution in [2.45, 2.75) is 50.1 Å². The lowest BCUT2D eigenvalue weighted by Gasteiger charge is -2.49. The quantitative estimate of drug-likeness (QED) is 0.682. The summed E-state index contributed by atoms with van der Waals surface area (Å²) >= 11 is 0. The summed E-state index contributed by atoms with van der Waals surface area (Å²) in [5.74, 6) is 0.445. The number of halogens is 3. The van der Waals surface area contributed by atoms with Crippen molar-refractivity contribution in [1.29, 1.82) is 0 Å². The van der Waals surface area contributed by atoms with E-state index in [0.29, 0.717) is 24.7 Å². The average Bonchev–Trinajstić information content (AvgIpc) is 2.73. The molecule has 1 N–H and O–H groups in total. The largest absolute Gasteiger partial charge is 0.416 e. The fourth-order valence-electron chi connectivity index (χ4n) is 4.86. The maximum absolute atomic E-state index is 13.4. The molecular weight excluding hydrogens is 427 g/mol. The van der Waals surface area contributed by atoms with Crippen LogP contribution >= 0.6 is 0 Å². The van der Waals surface area contributed by atoms with Crippen LogP contribution in [-0.2, 0) is 16.2 Å². The molecule has 0 bridgehead atoms. The van der Waals surface area contributed by atoms with E-state index in [1.54, 1.807) is 0 Å². The van der Waals surface area contributed by atoms with Gasteiger partial charge in [-0.3, -0.25) is 9.71 Å². The third kappa shape index (κ3) is 4.51. The number of aromatic nitrogens is 1. The van der Waals surface area contributed by atoms with Gasteiger partial charge in [0.2, 0.25) is 0 Å². The lowest BCUT2D eigenvalue weighted by molar-refractivity contribution is -0.137. The van der Waals surface area contributed by atoms with Crippen molar-refractivity contribution in [3.05, 3.63) is 48.3 Å². The summed E-state index contributed by atoms with van der Waals surface area (Å²) in [7, 11) is -4.08. The number of fused-ring (bicyclic) bond motifs is 1. The van der Waals surface area contributed by atoms with E-state index in [1.165, 1.54) is 43.4 Å². The van der Waals surface area contributed by atoms with E-state index < -0.39 is 21.8 Å². The van der Waals surface area contributed by atoms with Crippen LogP contribution in [-0.4, -0.2) is 26.5 Å². The van der Waals surface area contributed by atoms with Crippen LogP contribution in [0.2, 0.25) is 0 Å². The molecule has 2 fully saturated rings. The minimum atomic E-state index is -4.57. The Morgan fingerprint density at radius 1 is 1.19 bits per heavy atom. The predicted molar refractivity (Wildman–Crippen MR) is 113 cm³/mol. The number of pyridine rings is 1. The van der Waals surface area contributed by atoms with Gasteiger partial charge in [-0.05, 0) is 60.9 Å². The topological polar surface area (TPSA) is 62.3 Å². The molecule has 2 aliphatic rings. The molecule has 1 saturated carbocycles. The molecule has 1 saturated heterocycles. The maximum atomic E-state index is 13.4. The highest BCUT2D eigenvalue weighted by Gasteiger charge is 2.41. The highest BCUT2D eigenvalue weighted by molar-refractivity contribution is 7.92. The standard InChI is InChI=1S/C22H26F3N3O2S/c1-21-9-3-2-5-17(21)15-28(12-10-21)20-8-7-16(22(23,24)25)13-19(20)27-31(29,30)18-6-4-11-26-14-18/h4,6-8,11,13-14,17,27H,2-3,5,9-10,12,15H2,1H3/t17?,21-/m0/s1. The smallest absolute Gasteiger partial charge is 0.370 e. The van der Waals surface area contributed by atoms with Crippen LogP contribution in [0, 0.1) is 11.3 Å². The molecule has 1 unspecified atom stereocenters. The van der Waals surface area contributed by atoms with Crippen molar-refractivity contribution >= 4 is 21.4 Å². The number of nitrogens with zero attached hydrogens (tertiary/aromatic N) is 2. The Hall–Kier alpha value is -2.29. The zero-order valence-electron chi connectivity index (χ0n) is 17.3. The van der Waals surface area contributed by atoms with E-state index in [1.807, 2.05) is 4.90 Å². The molecular formula is C22H26F3N3O2S. The summed E-state index contributed by atoms with van der Waals surface area (Å²) in [6.45, 7) is 3.69. The van der Waals surface area contributed by atoms with E-state index in [2.05, 4.69) is 16.6 Å². The van der Waals surface area contributed by atoms with Gasteiger partial charge in [0.05, 0.1) is 16.9 Å². The Bertz CT molecular complexity index is 1040. The van der Waals surface area contributed by atoms with Gasteiger partial charge in [-0.2, -0.15) is 13.2 Å². The third-order valence-corrected chi connectivity index (χ3v) is 8.13. The van der Waals surface area contributed by atoms with Crippen molar-refractivity contribution < 1.29 is 21.6 Å². The molecule has 9 heteroatoms. The van der Waals surface area contributed by atoms with E-state index in [4.69, 9.17) is 0 Å². The molecule has 4 rings (SSSR count). The van der Waals surface area contributed by atoms with Crippen molar-refractivity contribution in [2.24, 2.45) is 11.3 Å². The van der Waals surface area contributed by atoms with Crippen LogP contribution in [0.1, 0.15) is 44.6 Å². The summed E-state index contributed by atoms with van der Waals surface area (Å²) in [6, 6.07) is 6.12. The average molecular weight is 454 g/mol. The van der Waals surface area contributed by atoms with E-state index in [-0.39, 0.29) is 16.0 Å². The highest BCUT2D eigenvalue weighted by Crippen LogP contribution is 2.48. The number of nitrogens with one attached hydrogen (secondary N) is 1. The molecule has 31 heavy (non-hydrogen) atoms. The fourth-order valence-corrected chi connectivity index (χ4v) is 5.89. The Balaban J connectivity index is 1.69. The van der Waals surface area contributed by atoms with Crippen molar-refractivity contribution in [3.63, 3.8) is 0 Å². The molecule has 0 amide bonds. The molecule has 2 heterocycles. The number of alkyl halides is 3. The van der Waals surface area contributed by atoms with Crippen molar-refractivity contribution in [2.75, 3.05) is 22.7 Å². The van der Waals surface area contributed by atoms with Gasteiger partial charge in [-0.15, -0.1) is 0 Å². The number of sulfonamides is 1. The number of rotatable bonds is 4. The predicted octanol–water partition coefficient (Wildman–Crippen LogP) is 5.31. The third-order valence-electron chi connectivity index (χ3n) is 6.78. The zero-order chi connectivity index (χ0) is 22.3. The molecule has 1 aromatic carbocycles. The van der Waals surface area contributed by atoms with Crippen LogP contribution < -0.4 is 9.62 Å². The first-order valence-electron chi connectivity index (χ1n) is 10.5. The monoisotopic (exact) mass is 453 g/mol. The van der Waals surface area contributed by atoms with Crippen LogP contribution in [0.15, 0.2) is 47.6 Å². The molecule has 2 aromatic rings. The van der Waals surface area contributed by atoms with Gasteiger partial charge in [0, 0.05) is 25.5 Å². The summed E-state index contributed by atoms with van der Waals surface area (Å²) in [5.41, 5.74) is -0.221. The van der Waals surface area contributed by atoms with Gasteiger partial charge in [0.1, 0.15) is 4.90 Å². The number of benzene rings is 1. The second-order valence-electron chi connectivity index (χ2n) is 8.82. The SMILES string of the molecule is C[C@@]12CCCCC1CN(c1ccc(C(F)(F)F)cc1NS(=O)(=O)c1cccnc1)CC2. The minimum absolute atomic E-state index is 0.0573. The Morgan fingerprint density at radius 3 is 2.71 bits per heavy atom. The van der Waals surface area contributed by atoms with Crippen LogP contribution in [0.3, 0.4) is 0 Å². The lowest BCUT2D eigenvalue weighted by Crippen LogP contribution is -2.47. The lowest BCUT2D eigenvalue weighted by atomic mass is 9.64. The summed E-state index contributed by atoms with van der Waals surface area (Å²) in [5, 5.41) is 0. The van der Waals surface area contributed by atoms with Gasteiger partial charge >= 0.3 is 6.18 Å². The van der Waals surface area contributed by atoms with E-state index >= 15 is 0 Å². The molecule has 0 radical (unpaired) electrons. The molecule has 1 aliphatic carbocycles. The number of hydrogen-bond donors (Lipinski definition) is 1. The van der Waals surface area contributed by atoms with E-state index in [0.717, 1.165) is 31.4 Å². The summed E-state index contributed by atoms with van der Waals surface area (Å²) in [4.78, 5) is 5.73. The van der Waals surface area contributed by atoms with Crippen LogP contribution in [0.25, 0.3) is 0 Å². The van der Waals surface area contributed by atoms with Gasteiger partial charge in [0.25, 0.3) is 10.0 Å². The van der Waals surface area contributed by atoms with Gasteiger partial charge < -0.3 is 4.90 Å². The van der Waals surface area contributed by atoms with Crippen molar-refractivity contribution in [1.82, 2.24) is 4.98 Å². The fraction of sp³-hybridized carbons (Fsp3) is 0.500. The Morgan fingerprint density at radius 2 is 2.00 bits per heavy atom. The zero-order valence-corrected chi connectivity index (χ0v) is 18.1. The van der Waals surface area contributed by atoms with Crippen LogP contribution in [0.4, 0.5) is 24.5 Å². The minimum Gasteiger partial charge on any atom is -0.370 e. The first-order valence-corrected chi connectivity index (χ1v) is 12.0. The summed E-state index contributed by atoms with van der Waals surface area (Å²) in [6.07, 6.45) is 3.59. The van der Waals surface area contributed by atoms with Gasteiger partial charge in [-0.25, -0.2) is 8.42 Å². The highest BCUT2D eigenvalue weighted by atomic mass is 32.2. The molecule has 0 spiro atoms. The molecule has 1 aliphatic heterocycles. The normalized spacial score (nSPS) is 24.5. The summed E-state index contributed by atoms with van der Waals surface area (Å²) < 4.78 is 68.1. The molecule has 1 aromatic heterocycles. The molecule has 2 atom stereocenters. The first kappa shape index (κ1) is 21.9. The molecule has 5 nitrogen and oxygen atoms in total.